The molecule has 2 aromatic rings. The van der Waals surface area contributed by atoms with E-state index in [1.807, 2.05) is 0 Å². The molecule has 2 heterocycles. The van der Waals surface area contributed by atoms with Crippen molar-refractivity contribution in [1.29, 1.82) is 0 Å². The smallest absolute Gasteiger partial charge is 0.330 e. The highest BCUT2D eigenvalue weighted by Crippen LogP contribution is 2.22. The zero-order valence-corrected chi connectivity index (χ0v) is 16.7. The highest BCUT2D eigenvalue weighted by atomic mass is 16.5. The highest BCUT2D eigenvalue weighted by Gasteiger charge is 2.34. The van der Waals surface area contributed by atoms with Crippen LogP contribution in [0.2, 0.25) is 0 Å². The minimum atomic E-state index is -0.633. The number of ether oxygens (including phenoxy) is 1. The number of carbonyl (C=O) groups excluding carboxylic acids is 3. The SMILES string of the molecule is Cn1cc(/C=C/C(=O)OCCCCN2C(=O)c3ccccc3C2=O)c(=O)n(C)c1=O. The van der Waals surface area contributed by atoms with E-state index in [-0.39, 0.29) is 30.5 Å². The number of rotatable bonds is 7. The molecule has 1 aromatic carbocycles. The summed E-state index contributed by atoms with van der Waals surface area (Å²) in [4.78, 5) is 61.2. The summed E-state index contributed by atoms with van der Waals surface area (Å²) in [5.41, 5.74) is 0.0234. The Balaban J connectivity index is 1.46. The van der Waals surface area contributed by atoms with Crippen LogP contribution in [0, 0.1) is 0 Å². The molecule has 1 aromatic heterocycles. The standard InChI is InChI=1S/C21H21N3O6/c1-22-13-14(18(26)23(2)21(22)29)9-10-17(25)30-12-6-5-11-24-19(27)15-7-3-4-8-16(15)20(24)28/h3-4,7-10,13H,5-6,11-12H2,1-2H3/b10-9+. The predicted octanol–water partition coefficient (Wildman–Crippen LogP) is 0.717. The average Bonchev–Trinajstić information content (AvgIpc) is 2.98. The van der Waals surface area contributed by atoms with Crippen molar-refractivity contribution in [2.45, 2.75) is 12.8 Å². The van der Waals surface area contributed by atoms with Crippen LogP contribution in [0.5, 0.6) is 0 Å². The van der Waals surface area contributed by atoms with Crippen molar-refractivity contribution >= 4 is 23.9 Å². The minimum Gasteiger partial charge on any atom is -0.463 e. The maximum absolute atomic E-state index is 12.3. The molecule has 30 heavy (non-hydrogen) atoms. The van der Waals surface area contributed by atoms with Gasteiger partial charge in [0.25, 0.3) is 17.4 Å². The van der Waals surface area contributed by atoms with Gasteiger partial charge in [-0.25, -0.2) is 9.59 Å². The largest absolute Gasteiger partial charge is 0.463 e. The molecule has 0 unspecified atom stereocenters. The van der Waals surface area contributed by atoms with E-state index >= 15 is 0 Å². The first-order chi connectivity index (χ1) is 14.3. The molecule has 0 fully saturated rings. The third kappa shape index (κ3) is 4.14. The Morgan fingerprint density at radius 2 is 1.63 bits per heavy atom. The van der Waals surface area contributed by atoms with Gasteiger partial charge in [-0.1, -0.05) is 12.1 Å². The number of unbranched alkanes of at least 4 members (excludes halogenated alkanes) is 1. The van der Waals surface area contributed by atoms with Crippen LogP contribution < -0.4 is 11.2 Å². The van der Waals surface area contributed by atoms with Crippen LogP contribution in [0.4, 0.5) is 0 Å². The van der Waals surface area contributed by atoms with Crippen molar-refractivity contribution < 1.29 is 19.1 Å². The van der Waals surface area contributed by atoms with E-state index in [9.17, 15) is 24.0 Å². The molecule has 1 aliphatic rings. The quantitative estimate of drug-likeness (QED) is 0.288. The van der Waals surface area contributed by atoms with Crippen molar-refractivity contribution in [2.24, 2.45) is 14.1 Å². The Hall–Kier alpha value is -3.75. The molecule has 0 aliphatic carbocycles. The number of hydrogen-bond acceptors (Lipinski definition) is 6. The molecule has 9 heteroatoms. The van der Waals surface area contributed by atoms with Crippen LogP contribution in [-0.2, 0) is 23.6 Å². The van der Waals surface area contributed by atoms with Gasteiger partial charge in [0.05, 0.1) is 23.3 Å². The number of esters is 1. The molecule has 2 amide bonds. The number of amides is 2. The first-order valence-electron chi connectivity index (χ1n) is 9.38. The summed E-state index contributed by atoms with van der Waals surface area (Å²) in [7, 11) is 2.86. The van der Waals surface area contributed by atoms with E-state index in [2.05, 4.69) is 0 Å². The number of imide groups is 1. The van der Waals surface area contributed by atoms with Gasteiger partial charge in [-0.05, 0) is 31.1 Å². The Morgan fingerprint density at radius 1 is 1.00 bits per heavy atom. The van der Waals surface area contributed by atoms with Crippen LogP contribution in [0.3, 0.4) is 0 Å². The minimum absolute atomic E-state index is 0.109. The third-order valence-electron chi connectivity index (χ3n) is 4.77. The highest BCUT2D eigenvalue weighted by molar-refractivity contribution is 6.21. The molecular formula is C21H21N3O6. The van der Waals surface area contributed by atoms with Gasteiger partial charge in [-0.2, -0.15) is 0 Å². The van der Waals surface area contributed by atoms with Gasteiger partial charge < -0.3 is 9.30 Å². The molecule has 0 saturated carbocycles. The van der Waals surface area contributed by atoms with Crippen LogP contribution in [0.15, 0.2) is 46.1 Å². The summed E-state index contributed by atoms with van der Waals surface area (Å²) in [6.45, 7) is 0.353. The average molecular weight is 411 g/mol. The molecule has 0 spiro atoms. The maximum Gasteiger partial charge on any atom is 0.330 e. The van der Waals surface area contributed by atoms with E-state index < -0.39 is 17.2 Å². The van der Waals surface area contributed by atoms with Gasteiger partial charge in [-0.3, -0.25) is 23.9 Å². The Bertz CT molecular complexity index is 1120. The molecule has 3 rings (SSSR count). The lowest BCUT2D eigenvalue weighted by atomic mass is 10.1. The van der Waals surface area contributed by atoms with E-state index in [4.69, 9.17) is 4.74 Å². The Labute approximate surface area is 171 Å². The molecule has 156 valence electrons. The zero-order chi connectivity index (χ0) is 21.8. The van der Waals surface area contributed by atoms with Crippen molar-refractivity contribution in [1.82, 2.24) is 14.0 Å². The van der Waals surface area contributed by atoms with Gasteiger partial charge in [0.2, 0.25) is 0 Å². The lowest BCUT2D eigenvalue weighted by Gasteiger charge is -2.13. The van der Waals surface area contributed by atoms with Gasteiger partial charge >= 0.3 is 11.7 Å². The number of fused-ring (bicyclic) bond motifs is 1. The first kappa shape index (κ1) is 21.0. The van der Waals surface area contributed by atoms with Crippen molar-refractivity contribution in [3.8, 4) is 0 Å². The molecule has 0 atom stereocenters. The topological polar surface area (TPSA) is 108 Å². The summed E-state index contributed by atoms with van der Waals surface area (Å²) in [5.74, 6) is -1.25. The van der Waals surface area contributed by atoms with Gasteiger partial charge in [0.1, 0.15) is 0 Å². The van der Waals surface area contributed by atoms with Gasteiger partial charge in [0.15, 0.2) is 0 Å². The second-order valence-corrected chi connectivity index (χ2v) is 6.86. The Kier molecular flexibility index (Phi) is 6.10. The summed E-state index contributed by atoms with van der Waals surface area (Å²) < 4.78 is 7.27. The molecule has 0 radical (unpaired) electrons. The fraction of sp³-hybridized carbons (Fsp3) is 0.286. The number of benzene rings is 1. The van der Waals surface area contributed by atoms with E-state index in [1.165, 1.54) is 35.8 Å². The van der Waals surface area contributed by atoms with Gasteiger partial charge in [0, 0.05) is 32.9 Å². The molecule has 0 N–H and O–H groups in total. The summed E-state index contributed by atoms with van der Waals surface area (Å²) in [6.07, 6.45) is 4.71. The first-order valence-corrected chi connectivity index (χ1v) is 9.38. The van der Waals surface area contributed by atoms with E-state index in [0.717, 1.165) is 10.6 Å². The lowest BCUT2D eigenvalue weighted by Crippen LogP contribution is -2.37. The second kappa shape index (κ2) is 8.73. The maximum atomic E-state index is 12.3. The monoisotopic (exact) mass is 411 g/mol. The van der Waals surface area contributed by atoms with Crippen LogP contribution in [0.25, 0.3) is 6.08 Å². The molecular weight excluding hydrogens is 390 g/mol. The fourth-order valence-electron chi connectivity index (χ4n) is 3.14. The number of nitrogens with zero attached hydrogens (tertiary/aromatic N) is 3. The zero-order valence-electron chi connectivity index (χ0n) is 16.7. The van der Waals surface area contributed by atoms with E-state index in [0.29, 0.717) is 24.0 Å². The fourth-order valence-corrected chi connectivity index (χ4v) is 3.14. The van der Waals surface area contributed by atoms with Crippen molar-refractivity contribution in [3.63, 3.8) is 0 Å². The normalized spacial score (nSPS) is 13.2. The second-order valence-electron chi connectivity index (χ2n) is 6.86. The number of aryl methyl sites for hydroxylation is 1. The summed E-state index contributed by atoms with van der Waals surface area (Å²) >= 11 is 0. The molecule has 9 nitrogen and oxygen atoms in total. The molecule has 0 bridgehead atoms. The van der Waals surface area contributed by atoms with Crippen molar-refractivity contribution in [3.05, 3.63) is 74.1 Å². The molecule has 1 aliphatic heterocycles. The number of hydrogen-bond donors (Lipinski definition) is 0. The van der Waals surface area contributed by atoms with Crippen LogP contribution in [-0.4, -0.2) is 45.0 Å². The molecule has 0 saturated heterocycles. The summed E-state index contributed by atoms with van der Waals surface area (Å²) in [6, 6.07) is 6.68. The van der Waals surface area contributed by atoms with Crippen LogP contribution in [0.1, 0.15) is 39.1 Å². The lowest BCUT2D eigenvalue weighted by molar-refractivity contribution is -0.137. The van der Waals surface area contributed by atoms with E-state index in [1.54, 1.807) is 24.3 Å². The predicted molar refractivity (Wildman–Crippen MR) is 108 cm³/mol. The van der Waals surface area contributed by atoms with Gasteiger partial charge in [-0.15, -0.1) is 0 Å². The number of carbonyl (C=O) groups is 3. The third-order valence-corrected chi connectivity index (χ3v) is 4.77. The Morgan fingerprint density at radius 3 is 2.27 bits per heavy atom. The van der Waals surface area contributed by atoms with Crippen molar-refractivity contribution in [2.75, 3.05) is 13.2 Å². The van der Waals surface area contributed by atoms with Crippen LogP contribution >= 0.6 is 0 Å². The number of aromatic nitrogens is 2. The summed E-state index contributed by atoms with van der Waals surface area (Å²) in [5, 5.41) is 0.